The van der Waals surface area contributed by atoms with E-state index in [0.29, 0.717) is 31.6 Å². The van der Waals surface area contributed by atoms with Gasteiger partial charge in [0.2, 0.25) is 0 Å². The highest BCUT2D eigenvalue weighted by Crippen LogP contribution is 2.31. The van der Waals surface area contributed by atoms with Crippen molar-refractivity contribution in [2.75, 3.05) is 24.5 Å². The number of pyridine rings is 1. The SMILES string of the molecule is COc1ccc(-c2ccc(N(C(C(=O)O)C3CCN(Cc4ccncc4)CC3)S(=O)[O-])cc2)cc1. The Hall–Kier alpha value is -3.27. The van der Waals surface area contributed by atoms with Crippen molar-refractivity contribution in [1.82, 2.24) is 9.88 Å². The second-order valence-electron chi connectivity index (χ2n) is 8.57. The summed E-state index contributed by atoms with van der Waals surface area (Å²) in [6.07, 6.45) is 4.70. The Bertz CT molecular complexity index is 1130. The van der Waals surface area contributed by atoms with Crippen LogP contribution in [-0.2, 0) is 22.6 Å². The lowest BCUT2D eigenvalue weighted by Gasteiger charge is -2.40. The van der Waals surface area contributed by atoms with Crippen molar-refractivity contribution >= 4 is 22.9 Å². The molecule has 2 atom stereocenters. The first-order valence-corrected chi connectivity index (χ1v) is 12.5. The fraction of sp³-hybridized carbons (Fsp3) is 0.308. The summed E-state index contributed by atoms with van der Waals surface area (Å²) in [4.78, 5) is 18.6. The van der Waals surface area contributed by atoms with Crippen molar-refractivity contribution < 1.29 is 23.4 Å². The van der Waals surface area contributed by atoms with Crippen LogP contribution in [0, 0.1) is 5.92 Å². The first-order valence-electron chi connectivity index (χ1n) is 11.4. The lowest BCUT2D eigenvalue weighted by atomic mass is 9.88. The molecule has 0 saturated carbocycles. The molecule has 8 nitrogen and oxygen atoms in total. The maximum Gasteiger partial charge on any atom is 0.327 e. The first-order chi connectivity index (χ1) is 17.0. The van der Waals surface area contributed by atoms with Gasteiger partial charge in [-0.25, -0.2) is 4.79 Å². The van der Waals surface area contributed by atoms with Gasteiger partial charge in [-0.15, -0.1) is 0 Å². The Morgan fingerprint density at radius 2 is 1.66 bits per heavy atom. The zero-order chi connectivity index (χ0) is 24.8. The summed E-state index contributed by atoms with van der Waals surface area (Å²) in [5, 5.41) is 10.0. The van der Waals surface area contributed by atoms with Crippen LogP contribution in [0.15, 0.2) is 73.1 Å². The molecule has 1 aromatic heterocycles. The molecule has 0 spiro atoms. The number of rotatable bonds is 9. The summed E-state index contributed by atoms with van der Waals surface area (Å²) < 4.78 is 30.7. The van der Waals surface area contributed by atoms with Crippen molar-refractivity contribution in [3.8, 4) is 16.9 Å². The minimum absolute atomic E-state index is 0.291. The molecule has 4 rings (SSSR count). The van der Waals surface area contributed by atoms with Crippen LogP contribution in [0.2, 0.25) is 0 Å². The van der Waals surface area contributed by atoms with Crippen LogP contribution in [-0.4, -0.2) is 56.0 Å². The molecule has 9 heteroatoms. The lowest BCUT2D eigenvalue weighted by Crippen LogP contribution is -2.50. The molecule has 2 unspecified atom stereocenters. The van der Waals surface area contributed by atoms with Crippen molar-refractivity contribution in [3.05, 3.63) is 78.6 Å². The van der Waals surface area contributed by atoms with E-state index in [9.17, 15) is 18.7 Å². The van der Waals surface area contributed by atoms with Gasteiger partial charge in [-0.3, -0.25) is 18.4 Å². The quantitative estimate of drug-likeness (QED) is 0.452. The van der Waals surface area contributed by atoms with E-state index in [2.05, 4.69) is 9.88 Å². The maximum atomic E-state index is 12.3. The highest BCUT2D eigenvalue weighted by Gasteiger charge is 2.37. The number of carboxylic acids is 1. The number of carboxylic acid groups (broad SMARTS) is 1. The third kappa shape index (κ3) is 6.05. The number of methoxy groups -OCH3 is 1. The molecule has 1 N–H and O–H groups in total. The summed E-state index contributed by atoms with van der Waals surface area (Å²) in [6.45, 7) is 2.16. The number of carbonyl (C=O) groups is 1. The molecule has 2 heterocycles. The number of nitrogens with zero attached hydrogens (tertiary/aromatic N) is 3. The van der Waals surface area contributed by atoms with Crippen molar-refractivity contribution in [3.63, 3.8) is 0 Å². The fourth-order valence-electron chi connectivity index (χ4n) is 4.59. The van der Waals surface area contributed by atoms with E-state index >= 15 is 0 Å². The van der Waals surface area contributed by atoms with Gasteiger partial charge >= 0.3 is 5.97 Å². The Labute approximate surface area is 207 Å². The molecule has 1 fully saturated rings. The molecule has 1 saturated heterocycles. The van der Waals surface area contributed by atoms with E-state index in [4.69, 9.17) is 4.74 Å². The minimum Gasteiger partial charge on any atom is -0.755 e. The number of aliphatic carboxylic acids is 1. The van der Waals surface area contributed by atoms with E-state index in [1.165, 1.54) is 0 Å². The standard InChI is InChI=1S/C26H29N3O5S/c1-34-24-8-4-21(5-9-24)20-2-6-23(7-3-20)29(35(32)33)25(26(30)31)22-12-16-28(17-13-22)18-19-10-14-27-15-11-19/h2-11,14-15,22,25H,12-13,16-18H2,1H3,(H,30,31)(H,32,33)/p-1. The molecule has 35 heavy (non-hydrogen) atoms. The Balaban J connectivity index is 1.49. The van der Waals surface area contributed by atoms with Gasteiger partial charge < -0.3 is 14.4 Å². The van der Waals surface area contributed by atoms with Gasteiger partial charge in [-0.2, -0.15) is 0 Å². The fourth-order valence-corrected chi connectivity index (χ4v) is 5.33. The second-order valence-corrected chi connectivity index (χ2v) is 9.40. The summed E-state index contributed by atoms with van der Waals surface area (Å²) in [6, 6.07) is 17.2. The molecule has 0 bridgehead atoms. The molecule has 0 amide bonds. The Morgan fingerprint density at radius 1 is 1.09 bits per heavy atom. The summed E-state index contributed by atoms with van der Waals surface area (Å²) >= 11 is -2.74. The summed E-state index contributed by atoms with van der Waals surface area (Å²) in [5.41, 5.74) is 3.32. The topological polar surface area (TPSA) is 106 Å². The van der Waals surface area contributed by atoms with Crippen LogP contribution in [0.4, 0.5) is 5.69 Å². The van der Waals surface area contributed by atoms with E-state index in [1.807, 2.05) is 36.4 Å². The van der Waals surface area contributed by atoms with Crippen molar-refractivity contribution in [2.24, 2.45) is 5.92 Å². The van der Waals surface area contributed by atoms with Gasteiger partial charge in [-0.1, -0.05) is 24.3 Å². The van der Waals surface area contributed by atoms with Crippen molar-refractivity contribution in [1.29, 1.82) is 0 Å². The van der Waals surface area contributed by atoms with Gasteiger partial charge in [0.25, 0.3) is 0 Å². The van der Waals surface area contributed by atoms with Gasteiger partial charge in [0.1, 0.15) is 11.8 Å². The normalized spacial score (nSPS) is 16.4. The van der Waals surface area contributed by atoms with Crippen molar-refractivity contribution in [2.45, 2.75) is 25.4 Å². The molecule has 1 aliphatic rings. The maximum absolute atomic E-state index is 12.3. The van der Waals surface area contributed by atoms with Gasteiger partial charge in [0.15, 0.2) is 0 Å². The van der Waals surface area contributed by atoms with Crippen LogP contribution >= 0.6 is 0 Å². The number of hydrogen-bond acceptors (Lipinski definition) is 6. The largest absolute Gasteiger partial charge is 0.755 e. The molecular weight excluding hydrogens is 466 g/mol. The molecule has 1 aliphatic heterocycles. The number of benzene rings is 2. The van der Waals surface area contributed by atoms with Crippen LogP contribution in [0.1, 0.15) is 18.4 Å². The molecule has 0 aliphatic carbocycles. The lowest BCUT2D eigenvalue weighted by molar-refractivity contribution is -0.140. The third-order valence-corrected chi connectivity index (χ3v) is 7.20. The number of anilines is 1. The zero-order valence-corrected chi connectivity index (χ0v) is 20.3. The average molecular weight is 495 g/mol. The third-order valence-electron chi connectivity index (χ3n) is 6.45. The van der Waals surface area contributed by atoms with Crippen LogP contribution in [0.3, 0.4) is 0 Å². The molecular formula is C26H28N3O5S-. The van der Waals surface area contributed by atoms with Crippen LogP contribution < -0.4 is 9.04 Å². The number of hydrogen-bond donors (Lipinski definition) is 1. The molecule has 3 aromatic rings. The Morgan fingerprint density at radius 3 is 2.17 bits per heavy atom. The number of aromatic nitrogens is 1. The number of piperidine rings is 1. The predicted octanol–water partition coefficient (Wildman–Crippen LogP) is 3.72. The minimum atomic E-state index is -2.74. The first kappa shape index (κ1) is 24.8. The van der Waals surface area contributed by atoms with E-state index < -0.39 is 23.3 Å². The van der Waals surface area contributed by atoms with Gasteiger partial charge in [0.05, 0.1) is 7.11 Å². The van der Waals surface area contributed by atoms with E-state index in [-0.39, 0.29) is 5.92 Å². The second kappa shape index (κ2) is 11.4. The van der Waals surface area contributed by atoms with E-state index in [0.717, 1.165) is 33.3 Å². The van der Waals surface area contributed by atoms with Crippen LogP contribution in [0.5, 0.6) is 5.75 Å². The zero-order valence-electron chi connectivity index (χ0n) is 19.4. The summed E-state index contributed by atoms with van der Waals surface area (Å²) in [7, 11) is 1.60. The molecule has 2 aromatic carbocycles. The Kier molecular flexibility index (Phi) is 8.12. The smallest absolute Gasteiger partial charge is 0.327 e. The monoisotopic (exact) mass is 494 g/mol. The number of likely N-dealkylation sites (tertiary alicyclic amines) is 1. The van der Waals surface area contributed by atoms with Crippen LogP contribution in [0.25, 0.3) is 11.1 Å². The highest BCUT2D eigenvalue weighted by atomic mass is 32.2. The predicted molar refractivity (Wildman–Crippen MR) is 133 cm³/mol. The number of ether oxygens (including phenoxy) is 1. The van der Waals surface area contributed by atoms with E-state index in [1.54, 1.807) is 43.8 Å². The summed E-state index contributed by atoms with van der Waals surface area (Å²) in [5.74, 6) is -0.684. The highest BCUT2D eigenvalue weighted by molar-refractivity contribution is 7.80. The van der Waals surface area contributed by atoms with Gasteiger partial charge in [-0.05, 0) is 84.9 Å². The molecule has 184 valence electrons. The average Bonchev–Trinajstić information content (AvgIpc) is 2.88. The van der Waals surface area contributed by atoms with Gasteiger partial charge in [0, 0.05) is 35.9 Å². The molecule has 0 radical (unpaired) electrons.